The van der Waals surface area contributed by atoms with E-state index in [0.29, 0.717) is 22.6 Å². The van der Waals surface area contributed by atoms with Gasteiger partial charge in [0.25, 0.3) is 5.91 Å². The van der Waals surface area contributed by atoms with Gasteiger partial charge in [-0.1, -0.05) is 6.07 Å². The van der Waals surface area contributed by atoms with Gasteiger partial charge in [-0.3, -0.25) is 4.79 Å². The average molecular weight is 299 g/mol. The Morgan fingerprint density at radius 3 is 2.45 bits per heavy atom. The van der Waals surface area contributed by atoms with Gasteiger partial charge in [0.15, 0.2) is 0 Å². The van der Waals surface area contributed by atoms with E-state index in [1.165, 1.54) is 7.11 Å². The van der Waals surface area contributed by atoms with Crippen molar-refractivity contribution in [3.63, 3.8) is 0 Å². The third kappa shape index (κ3) is 3.44. The SMILES string of the molecule is COC(=O)c1cccc(NC(=O)c2ccc(OC)cc2C)c1. The first-order valence-electron chi connectivity index (χ1n) is 6.69. The Morgan fingerprint density at radius 2 is 1.82 bits per heavy atom. The Bertz CT molecular complexity index is 710. The van der Waals surface area contributed by atoms with E-state index in [1.807, 2.05) is 6.92 Å². The Hall–Kier alpha value is -2.82. The summed E-state index contributed by atoms with van der Waals surface area (Å²) in [6.07, 6.45) is 0. The van der Waals surface area contributed by atoms with E-state index in [0.717, 1.165) is 5.56 Å². The molecule has 1 amide bonds. The lowest BCUT2D eigenvalue weighted by atomic mass is 10.1. The van der Waals surface area contributed by atoms with E-state index in [9.17, 15) is 9.59 Å². The summed E-state index contributed by atoms with van der Waals surface area (Å²) in [4.78, 5) is 23.8. The number of ether oxygens (including phenoxy) is 2. The summed E-state index contributed by atoms with van der Waals surface area (Å²) in [5.74, 6) is 0.000588. The van der Waals surface area contributed by atoms with E-state index in [-0.39, 0.29) is 5.91 Å². The number of esters is 1. The molecule has 0 saturated heterocycles. The molecule has 0 radical (unpaired) electrons. The Balaban J connectivity index is 2.20. The van der Waals surface area contributed by atoms with Crippen LogP contribution in [0.25, 0.3) is 0 Å². The summed E-state index contributed by atoms with van der Waals surface area (Å²) in [5, 5.41) is 2.77. The maximum absolute atomic E-state index is 12.3. The topological polar surface area (TPSA) is 64.6 Å². The van der Waals surface area contributed by atoms with Crippen LogP contribution in [0.5, 0.6) is 5.75 Å². The van der Waals surface area contributed by atoms with Gasteiger partial charge in [0.05, 0.1) is 19.8 Å². The van der Waals surface area contributed by atoms with Crippen molar-refractivity contribution in [3.05, 3.63) is 59.2 Å². The highest BCUT2D eigenvalue weighted by atomic mass is 16.5. The molecular formula is C17H17NO4. The van der Waals surface area contributed by atoms with Gasteiger partial charge >= 0.3 is 5.97 Å². The Kier molecular flexibility index (Phi) is 4.78. The molecule has 2 aromatic rings. The van der Waals surface area contributed by atoms with Crippen LogP contribution in [0.3, 0.4) is 0 Å². The fourth-order valence-corrected chi connectivity index (χ4v) is 2.06. The summed E-state index contributed by atoms with van der Waals surface area (Å²) in [7, 11) is 2.89. The van der Waals surface area contributed by atoms with Gasteiger partial charge in [-0.15, -0.1) is 0 Å². The number of benzene rings is 2. The third-order valence-corrected chi connectivity index (χ3v) is 3.22. The average Bonchev–Trinajstić information content (AvgIpc) is 2.53. The molecule has 0 spiro atoms. The number of methoxy groups -OCH3 is 2. The van der Waals surface area contributed by atoms with Crippen LogP contribution in [0.2, 0.25) is 0 Å². The molecule has 22 heavy (non-hydrogen) atoms. The zero-order valence-corrected chi connectivity index (χ0v) is 12.7. The molecule has 5 heteroatoms. The zero-order valence-electron chi connectivity index (χ0n) is 12.7. The molecule has 0 bridgehead atoms. The van der Waals surface area contributed by atoms with Crippen LogP contribution in [0.15, 0.2) is 42.5 Å². The third-order valence-electron chi connectivity index (χ3n) is 3.22. The minimum absolute atomic E-state index is 0.248. The van der Waals surface area contributed by atoms with Crippen LogP contribution in [0.1, 0.15) is 26.3 Å². The second-order valence-electron chi connectivity index (χ2n) is 4.71. The quantitative estimate of drug-likeness (QED) is 0.881. The van der Waals surface area contributed by atoms with Gasteiger partial charge in [-0.2, -0.15) is 0 Å². The summed E-state index contributed by atoms with van der Waals surface area (Å²) < 4.78 is 9.78. The maximum atomic E-state index is 12.3. The fraction of sp³-hybridized carbons (Fsp3) is 0.176. The molecule has 2 aromatic carbocycles. The van der Waals surface area contributed by atoms with Crippen LogP contribution in [-0.2, 0) is 4.74 Å². The van der Waals surface area contributed by atoms with Crippen molar-refractivity contribution in [2.45, 2.75) is 6.92 Å². The van der Waals surface area contributed by atoms with Crippen molar-refractivity contribution in [2.24, 2.45) is 0 Å². The van der Waals surface area contributed by atoms with Crippen LogP contribution in [-0.4, -0.2) is 26.1 Å². The van der Waals surface area contributed by atoms with Crippen molar-refractivity contribution in [2.75, 3.05) is 19.5 Å². The van der Waals surface area contributed by atoms with Gasteiger partial charge < -0.3 is 14.8 Å². The number of hydrogen-bond acceptors (Lipinski definition) is 4. The normalized spacial score (nSPS) is 9.95. The number of nitrogens with one attached hydrogen (secondary N) is 1. The van der Waals surface area contributed by atoms with Crippen LogP contribution >= 0.6 is 0 Å². The van der Waals surface area contributed by atoms with E-state index >= 15 is 0 Å². The standard InChI is InChI=1S/C17H17NO4/c1-11-9-14(21-2)7-8-15(11)16(19)18-13-6-4-5-12(10-13)17(20)22-3/h4-10H,1-3H3,(H,18,19). The fourth-order valence-electron chi connectivity index (χ4n) is 2.06. The molecule has 5 nitrogen and oxygen atoms in total. The second kappa shape index (κ2) is 6.76. The first-order chi connectivity index (χ1) is 10.5. The molecule has 1 N–H and O–H groups in total. The number of aryl methyl sites for hydroxylation is 1. The van der Waals surface area contributed by atoms with E-state index in [4.69, 9.17) is 4.74 Å². The molecule has 114 valence electrons. The Morgan fingerprint density at radius 1 is 1.05 bits per heavy atom. The molecule has 0 heterocycles. The van der Waals surface area contributed by atoms with Crippen molar-refractivity contribution in [1.29, 1.82) is 0 Å². The van der Waals surface area contributed by atoms with Gasteiger partial charge in [0.1, 0.15) is 5.75 Å². The molecule has 0 aliphatic carbocycles. The van der Waals surface area contributed by atoms with Crippen LogP contribution in [0.4, 0.5) is 5.69 Å². The van der Waals surface area contributed by atoms with E-state index in [2.05, 4.69) is 10.1 Å². The molecule has 0 saturated carbocycles. The maximum Gasteiger partial charge on any atom is 0.337 e. The second-order valence-corrected chi connectivity index (χ2v) is 4.71. The summed E-state index contributed by atoms with van der Waals surface area (Å²) in [5.41, 5.74) is 2.26. The number of hydrogen-bond donors (Lipinski definition) is 1. The summed E-state index contributed by atoms with van der Waals surface area (Å²) in [6, 6.07) is 11.8. The summed E-state index contributed by atoms with van der Waals surface area (Å²) >= 11 is 0. The van der Waals surface area contributed by atoms with Crippen LogP contribution in [0, 0.1) is 6.92 Å². The minimum atomic E-state index is -0.447. The van der Waals surface area contributed by atoms with E-state index in [1.54, 1.807) is 49.6 Å². The highest BCUT2D eigenvalue weighted by Crippen LogP contribution is 2.19. The Labute approximate surface area is 128 Å². The monoisotopic (exact) mass is 299 g/mol. The molecule has 0 aliphatic heterocycles. The molecule has 0 unspecified atom stereocenters. The summed E-state index contributed by atoms with van der Waals surface area (Å²) in [6.45, 7) is 1.84. The minimum Gasteiger partial charge on any atom is -0.497 e. The van der Waals surface area contributed by atoms with Gasteiger partial charge in [0, 0.05) is 11.3 Å². The number of carbonyl (C=O) groups is 2. The molecule has 2 rings (SSSR count). The van der Waals surface area contributed by atoms with Crippen LogP contribution < -0.4 is 10.1 Å². The first kappa shape index (κ1) is 15.6. The molecule has 0 atom stereocenters. The smallest absolute Gasteiger partial charge is 0.337 e. The van der Waals surface area contributed by atoms with Crippen molar-refractivity contribution in [1.82, 2.24) is 0 Å². The lowest BCUT2D eigenvalue weighted by molar-refractivity contribution is 0.0600. The first-order valence-corrected chi connectivity index (χ1v) is 6.69. The predicted molar refractivity (Wildman–Crippen MR) is 83.5 cm³/mol. The number of anilines is 1. The largest absolute Gasteiger partial charge is 0.497 e. The zero-order chi connectivity index (χ0) is 16.1. The lowest BCUT2D eigenvalue weighted by Gasteiger charge is -2.10. The van der Waals surface area contributed by atoms with Crippen molar-refractivity contribution >= 4 is 17.6 Å². The highest BCUT2D eigenvalue weighted by molar-refractivity contribution is 6.05. The molecular weight excluding hydrogens is 282 g/mol. The van der Waals surface area contributed by atoms with Gasteiger partial charge in [0.2, 0.25) is 0 Å². The number of rotatable bonds is 4. The van der Waals surface area contributed by atoms with Gasteiger partial charge in [-0.25, -0.2) is 4.79 Å². The van der Waals surface area contributed by atoms with Crippen molar-refractivity contribution < 1.29 is 19.1 Å². The number of carbonyl (C=O) groups excluding carboxylic acids is 2. The molecule has 0 aliphatic rings. The lowest BCUT2D eigenvalue weighted by Crippen LogP contribution is -2.14. The molecule has 0 fully saturated rings. The predicted octanol–water partition coefficient (Wildman–Crippen LogP) is 3.04. The van der Waals surface area contributed by atoms with E-state index < -0.39 is 5.97 Å². The molecule has 0 aromatic heterocycles. The highest BCUT2D eigenvalue weighted by Gasteiger charge is 2.11. The van der Waals surface area contributed by atoms with Gasteiger partial charge in [-0.05, 0) is 48.9 Å². The van der Waals surface area contributed by atoms with Crippen molar-refractivity contribution in [3.8, 4) is 5.75 Å². The number of amides is 1.